The number of carboxylic acids is 1. The van der Waals surface area contributed by atoms with Crippen LogP contribution in [0.2, 0.25) is 0 Å². The van der Waals surface area contributed by atoms with Gasteiger partial charge in [-0.15, -0.1) is 22.9 Å². The summed E-state index contributed by atoms with van der Waals surface area (Å²) in [6, 6.07) is 0. The predicted molar refractivity (Wildman–Crippen MR) is 64.9 cm³/mol. The van der Waals surface area contributed by atoms with E-state index < -0.39 is 17.6 Å². The fraction of sp³-hybridized carbons (Fsp3) is 0.250. The maximum atomic E-state index is 11.0. The van der Waals surface area contributed by atoms with Crippen molar-refractivity contribution in [1.82, 2.24) is 4.68 Å². The number of aromatic nitrogens is 1. The molecule has 10 heteroatoms. The van der Waals surface area contributed by atoms with Gasteiger partial charge in [-0.1, -0.05) is 5.16 Å². The Morgan fingerprint density at radius 2 is 2.33 bits per heavy atom. The van der Waals surface area contributed by atoms with E-state index in [4.69, 9.17) is 22.6 Å². The van der Waals surface area contributed by atoms with Crippen LogP contribution in [0.1, 0.15) is 5.69 Å². The Bertz CT molecular complexity index is 562. The average molecular weight is 293 g/mol. The van der Waals surface area contributed by atoms with E-state index in [0.717, 1.165) is 16.0 Å². The number of thiazole rings is 1. The zero-order valence-corrected chi connectivity index (χ0v) is 10.7. The molecular weight excluding hydrogens is 284 g/mol. The largest absolute Gasteiger partial charge is 0.476 e. The molecule has 0 radical (unpaired) electrons. The first kappa shape index (κ1) is 14.2. The van der Waals surface area contributed by atoms with Crippen molar-refractivity contribution in [3.63, 3.8) is 0 Å². The van der Waals surface area contributed by atoms with Crippen molar-refractivity contribution in [2.45, 2.75) is 0 Å². The van der Waals surface area contributed by atoms with Crippen LogP contribution in [-0.2, 0) is 14.4 Å². The molecule has 0 bridgehead atoms. The number of halogens is 1. The second kappa shape index (κ2) is 6.17. The molecule has 18 heavy (non-hydrogen) atoms. The Labute approximate surface area is 110 Å². The summed E-state index contributed by atoms with van der Waals surface area (Å²) in [6.07, 6.45) is 0. The Balaban J connectivity index is 3.29. The monoisotopic (exact) mass is 292 g/mol. The van der Waals surface area contributed by atoms with E-state index in [0.29, 0.717) is 0 Å². The maximum absolute atomic E-state index is 11.0. The number of nitrogens with zero attached hydrogens (tertiary/aromatic N) is 3. The van der Waals surface area contributed by atoms with Gasteiger partial charge in [0.25, 0.3) is 5.91 Å². The SMILES string of the molecule is CON=C(C(=O)O)c1csc(=NC(=O)CCl)n1N. The van der Waals surface area contributed by atoms with Gasteiger partial charge in [0.15, 0.2) is 0 Å². The zero-order chi connectivity index (χ0) is 13.7. The van der Waals surface area contributed by atoms with Crippen LogP contribution in [0.15, 0.2) is 15.5 Å². The first-order chi connectivity index (χ1) is 8.51. The lowest BCUT2D eigenvalue weighted by molar-refractivity contribution is -0.129. The minimum atomic E-state index is -1.32. The summed E-state index contributed by atoms with van der Waals surface area (Å²) >= 11 is 6.28. The van der Waals surface area contributed by atoms with Gasteiger partial charge in [0.1, 0.15) is 18.7 Å². The molecule has 1 aromatic rings. The topological polar surface area (TPSA) is 119 Å². The number of alkyl halides is 1. The standard InChI is InChI=1S/C8H9ClN4O4S/c1-17-12-6(7(15)16)4-3-18-8(13(4)10)11-5(14)2-9/h3H,2,10H2,1H3,(H,15,16). The molecule has 1 amide bonds. The highest BCUT2D eigenvalue weighted by Crippen LogP contribution is 2.02. The van der Waals surface area contributed by atoms with Crippen molar-refractivity contribution in [1.29, 1.82) is 0 Å². The van der Waals surface area contributed by atoms with Gasteiger partial charge in [-0.05, 0) is 0 Å². The van der Waals surface area contributed by atoms with Crippen molar-refractivity contribution in [2.24, 2.45) is 10.1 Å². The van der Waals surface area contributed by atoms with Crippen LogP contribution in [0, 0.1) is 0 Å². The average Bonchev–Trinajstić information content (AvgIpc) is 2.67. The third-order valence-corrected chi connectivity index (χ3v) is 2.77. The summed E-state index contributed by atoms with van der Waals surface area (Å²) in [6.45, 7) is 0. The number of carboxylic acid groups (broad SMARTS) is 1. The highest BCUT2D eigenvalue weighted by Gasteiger charge is 2.18. The van der Waals surface area contributed by atoms with E-state index in [2.05, 4.69) is 15.0 Å². The molecule has 1 heterocycles. The Hall–Kier alpha value is -1.87. The number of aliphatic carboxylic acids is 1. The number of carbonyl (C=O) groups excluding carboxylic acids is 1. The molecule has 0 aliphatic carbocycles. The number of hydrogen-bond donors (Lipinski definition) is 2. The lowest BCUT2D eigenvalue weighted by Gasteiger charge is -2.01. The number of oxime groups is 1. The van der Waals surface area contributed by atoms with Gasteiger partial charge in [0, 0.05) is 5.38 Å². The van der Waals surface area contributed by atoms with E-state index in [-0.39, 0.29) is 16.4 Å². The van der Waals surface area contributed by atoms with Crippen LogP contribution < -0.4 is 10.6 Å². The van der Waals surface area contributed by atoms with Gasteiger partial charge in [-0.25, -0.2) is 9.47 Å². The molecule has 0 aliphatic rings. The number of rotatable bonds is 4. The highest BCUT2D eigenvalue weighted by atomic mass is 35.5. The molecule has 1 rings (SSSR count). The minimum absolute atomic E-state index is 0.0653. The lowest BCUT2D eigenvalue weighted by atomic mass is 10.3. The fourth-order valence-corrected chi connectivity index (χ4v) is 1.87. The van der Waals surface area contributed by atoms with Crippen LogP contribution in [0.3, 0.4) is 0 Å². The molecule has 0 atom stereocenters. The van der Waals surface area contributed by atoms with Crippen LogP contribution in [0.5, 0.6) is 0 Å². The summed E-state index contributed by atoms with van der Waals surface area (Å²) in [5, 5.41) is 13.7. The third kappa shape index (κ3) is 3.08. The van der Waals surface area contributed by atoms with Crippen LogP contribution >= 0.6 is 22.9 Å². The Kier molecular flexibility index (Phi) is 4.86. The van der Waals surface area contributed by atoms with Crippen molar-refractivity contribution in [3.05, 3.63) is 15.9 Å². The van der Waals surface area contributed by atoms with Gasteiger partial charge in [-0.2, -0.15) is 4.99 Å². The molecule has 0 aliphatic heterocycles. The molecule has 0 saturated heterocycles. The van der Waals surface area contributed by atoms with Crippen LogP contribution in [0.25, 0.3) is 0 Å². The molecule has 0 unspecified atom stereocenters. The highest BCUT2D eigenvalue weighted by molar-refractivity contribution is 7.07. The number of carbonyl (C=O) groups is 2. The summed E-state index contributed by atoms with van der Waals surface area (Å²) < 4.78 is 0.932. The summed E-state index contributed by atoms with van der Waals surface area (Å²) in [5.41, 5.74) is -0.327. The minimum Gasteiger partial charge on any atom is -0.476 e. The van der Waals surface area contributed by atoms with Crippen molar-refractivity contribution in [2.75, 3.05) is 18.8 Å². The summed E-state index contributed by atoms with van der Waals surface area (Å²) in [7, 11) is 1.21. The molecular formula is C8H9ClN4O4S. The van der Waals surface area contributed by atoms with E-state index >= 15 is 0 Å². The number of nitrogen functional groups attached to an aromatic ring is 1. The Morgan fingerprint density at radius 3 is 2.83 bits per heavy atom. The van der Waals surface area contributed by atoms with Crippen molar-refractivity contribution in [3.8, 4) is 0 Å². The first-order valence-electron chi connectivity index (χ1n) is 4.45. The molecule has 0 aromatic carbocycles. The molecule has 8 nitrogen and oxygen atoms in total. The van der Waals surface area contributed by atoms with Gasteiger partial charge < -0.3 is 15.8 Å². The van der Waals surface area contributed by atoms with E-state index in [1.807, 2.05) is 0 Å². The fourth-order valence-electron chi connectivity index (χ4n) is 0.998. The van der Waals surface area contributed by atoms with E-state index in [9.17, 15) is 9.59 Å². The molecule has 1 aromatic heterocycles. The van der Waals surface area contributed by atoms with Gasteiger partial charge in [-0.3, -0.25) is 4.79 Å². The van der Waals surface area contributed by atoms with E-state index in [1.54, 1.807) is 0 Å². The second-order valence-electron chi connectivity index (χ2n) is 2.84. The van der Waals surface area contributed by atoms with Gasteiger partial charge in [0.2, 0.25) is 10.5 Å². The predicted octanol–water partition coefficient (Wildman–Crippen LogP) is -0.635. The molecule has 0 spiro atoms. The third-order valence-electron chi connectivity index (χ3n) is 1.70. The molecule has 98 valence electrons. The Morgan fingerprint density at radius 1 is 1.67 bits per heavy atom. The normalized spacial score (nSPS) is 12.6. The summed E-state index contributed by atoms with van der Waals surface area (Å²) in [5.74, 6) is 3.43. The number of nitrogens with two attached hydrogens (primary N) is 1. The molecule has 0 fully saturated rings. The molecule has 0 saturated carbocycles. The van der Waals surface area contributed by atoms with Gasteiger partial charge in [0.05, 0.1) is 0 Å². The zero-order valence-electron chi connectivity index (χ0n) is 9.16. The molecule has 3 N–H and O–H groups in total. The lowest BCUT2D eigenvalue weighted by Crippen LogP contribution is -2.30. The van der Waals surface area contributed by atoms with Crippen LogP contribution in [0.4, 0.5) is 0 Å². The maximum Gasteiger partial charge on any atom is 0.360 e. The van der Waals surface area contributed by atoms with E-state index in [1.165, 1.54) is 12.5 Å². The quantitative estimate of drug-likeness (QED) is 0.331. The number of hydrogen-bond acceptors (Lipinski definition) is 6. The smallest absolute Gasteiger partial charge is 0.360 e. The number of amides is 1. The first-order valence-corrected chi connectivity index (χ1v) is 5.86. The van der Waals surface area contributed by atoms with Crippen molar-refractivity contribution >= 4 is 40.5 Å². The summed E-state index contributed by atoms with van der Waals surface area (Å²) in [4.78, 5) is 30.1. The second-order valence-corrected chi connectivity index (χ2v) is 3.94. The van der Waals surface area contributed by atoms with Crippen molar-refractivity contribution < 1.29 is 19.5 Å². The van der Waals surface area contributed by atoms with Crippen LogP contribution in [-0.4, -0.2) is 40.4 Å². The van der Waals surface area contributed by atoms with Gasteiger partial charge >= 0.3 is 5.97 Å².